The highest BCUT2D eigenvalue weighted by Crippen LogP contribution is 2.37. The molecule has 1 saturated heterocycles. The standard InChI is InChI=1S/C14H17N3O4/c1-8-6-11(16-21-8)15-12(18)7-17-13(19)9-4-2-3-5-10(9)14(17)20/h6,9-10H,2-5,7H2,1H3,(H,15,16,18)/t9-,10+. The maximum atomic E-state index is 12.2. The van der Waals surface area contributed by atoms with Crippen LogP contribution in [0.5, 0.6) is 0 Å². The van der Waals surface area contributed by atoms with Gasteiger partial charge in [0.15, 0.2) is 5.82 Å². The van der Waals surface area contributed by atoms with Crippen molar-refractivity contribution in [2.45, 2.75) is 32.6 Å². The van der Waals surface area contributed by atoms with E-state index in [1.807, 2.05) is 0 Å². The quantitative estimate of drug-likeness (QED) is 0.842. The first-order chi connectivity index (χ1) is 10.1. The summed E-state index contributed by atoms with van der Waals surface area (Å²) in [5.41, 5.74) is 0. The van der Waals surface area contributed by atoms with Gasteiger partial charge in [0.2, 0.25) is 17.7 Å². The highest BCUT2D eigenvalue weighted by molar-refractivity contribution is 6.08. The summed E-state index contributed by atoms with van der Waals surface area (Å²) >= 11 is 0. The van der Waals surface area contributed by atoms with E-state index in [1.165, 1.54) is 0 Å². The summed E-state index contributed by atoms with van der Waals surface area (Å²) in [6, 6.07) is 1.57. The van der Waals surface area contributed by atoms with Gasteiger partial charge in [-0.3, -0.25) is 19.3 Å². The minimum Gasteiger partial charge on any atom is -0.360 e. The number of amides is 3. The molecule has 2 fully saturated rings. The number of carbonyl (C=O) groups is 3. The van der Waals surface area contributed by atoms with Gasteiger partial charge < -0.3 is 9.84 Å². The average Bonchev–Trinajstić information content (AvgIpc) is 2.97. The minimum atomic E-state index is -0.441. The van der Waals surface area contributed by atoms with Crippen LogP contribution >= 0.6 is 0 Å². The van der Waals surface area contributed by atoms with Crippen LogP contribution in [0.15, 0.2) is 10.6 Å². The predicted octanol–water partition coefficient (Wildman–Crippen LogP) is 1.10. The maximum absolute atomic E-state index is 12.2. The molecule has 1 saturated carbocycles. The summed E-state index contributed by atoms with van der Waals surface area (Å²) < 4.78 is 4.84. The van der Waals surface area contributed by atoms with Gasteiger partial charge >= 0.3 is 0 Å². The van der Waals surface area contributed by atoms with Gasteiger partial charge in [-0.05, 0) is 19.8 Å². The second kappa shape index (κ2) is 5.31. The Morgan fingerprint density at radius 2 is 1.95 bits per heavy atom. The largest absolute Gasteiger partial charge is 0.360 e. The molecule has 7 heteroatoms. The lowest BCUT2D eigenvalue weighted by Crippen LogP contribution is -2.38. The van der Waals surface area contributed by atoms with E-state index in [0.29, 0.717) is 5.76 Å². The Labute approximate surface area is 121 Å². The summed E-state index contributed by atoms with van der Waals surface area (Å²) in [5.74, 6) is -0.462. The molecule has 1 aliphatic carbocycles. The Morgan fingerprint density at radius 1 is 1.33 bits per heavy atom. The van der Waals surface area contributed by atoms with Crippen molar-refractivity contribution in [3.05, 3.63) is 11.8 Å². The molecule has 3 amide bonds. The number of carbonyl (C=O) groups excluding carboxylic acids is 3. The molecule has 0 aromatic carbocycles. The zero-order chi connectivity index (χ0) is 15.0. The highest BCUT2D eigenvalue weighted by Gasteiger charge is 2.48. The molecule has 0 spiro atoms. The first-order valence-electron chi connectivity index (χ1n) is 7.14. The lowest BCUT2D eigenvalue weighted by molar-refractivity contribution is -0.142. The van der Waals surface area contributed by atoms with Crippen molar-refractivity contribution in [1.29, 1.82) is 0 Å². The topological polar surface area (TPSA) is 92.5 Å². The zero-order valence-corrected chi connectivity index (χ0v) is 11.8. The van der Waals surface area contributed by atoms with E-state index in [1.54, 1.807) is 13.0 Å². The molecule has 1 aromatic heterocycles. The molecular weight excluding hydrogens is 274 g/mol. The van der Waals surface area contributed by atoms with Crippen LogP contribution in [0.25, 0.3) is 0 Å². The van der Waals surface area contributed by atoms with Gasteiger partial charge in [0.25, 0.3) is 0 Å². The lowest BCUT2D eigenvalue weighted by atomic mass is 9.81. The van der Waals surface area contributed by atoms with E-state index in [0.717, 1.165) is 30.6 Å². The number of nitrogens with zero attached hydrogens (tertiary/aromatic N) is 2. The van der Waals surface area contributed by atoms with Crippen LogP contribution in [0.2, 0.25) is 0 Å². The van der Waals surface area contributed by atoms with Crippen molar-refractivity contribution in [3.8, 4) is 0 Å². The molecular formula is C14H17N3O4. The van der Waals surface area contributed by atoms with Crippen LogP contribution in [0.1, 0.15) is 31.4 Å². The first-order valence-corrected chi connectivity index (χ1v) is 7.14. The van der Waals surface area contributed by atoms with E-state index in [-0.39, 0.29) is 36.0 Å². The smallest absolute Gasteiger partial charge is 0.245 e. The summed E-state index contributed by atoms with van der Waals surface area (Å²) in [4.78, 5) is 37.5. The number of fused-ring (bicyclic) bond motifs is 1. The Kier molecular flexibility index (Phi) is 3.48. The molecule has 3 rings (SSSR count). The minimum absolute atomic E-state index is 0.212. The third-order valence-corrected chi connectivity index (χ3v) is 4.13. The van der Waals surface area contributed by atoms with Crippen LogP contribution in [0, 0.1) is 18.8 Å². The number of likely N-dealkylation sites (tertiary alicyclic amines) is 1. The Balaban J connectivity index is 1.65. The summed E-state index contributed by atoms with van der Waals surface area (Å²) in [6.07, 6.45) is 3.43. The molecule has 0 unspecified atom stereocenters. The van der Waals surface area contributed by atoms with Crippen molar-refractivity contribution in [2.24, 2.45) is 11.8 Å². The predicted molar refractivity (Wildman–Crippen MR) is 72.0 cm³/mol. The molecule has 1 aromatic rings. The number of aryl methyl sites for hydroxylation is 1. The number of anilines is 1. The Hall–Kier alpha value is -2.18. The summed E-state index contributed by atoms with van der Waals surface area (Å²) in [5, 5.41) is 6.17. The zero-order valence-electron chi connectivity index (χ0n) is 11.8. The summed E-state index contributed by atoms with van der Waals surface area (Å²) in [6.45, 7) is 1.46. The van der Waals surface area contributed by atoms with Gasteiger partial charge in [-0.25, -0.2) is 0 Å². The van der Waals surface area contributed by atoms with Gasteiger partial charge in [-0.1, -0.05) is 18.0 Å². The number of hydrogen-bond acceptors (Lipinski definition) is 5. The molecule has 7 nitrogen and oxygen atoms in total. The third kappa shape index (κ3) is 2.55. The van der Waals surface area contributed by atoms with Crippen molar-refractivity contribution < 1.29 is 18.9 Å². The number of hydrogen-bond donors (Lipinski definition) is 1. The van der Waals surface area contributed by atoms with E-state index < -0.39 is 5.91 Å². The molecule has 0 radical (unpaired) electrons. The van der Waals surface area contributed by atoms with Crippen molar-refractivity contribution >= 4 is 23.5 Å². The molecule has 0 bridgehead atoms. The number of rotatable bonds is 3. The second-order valence-electron chi connectivity index (χ2n) is 5.63. The van der Waals surface area contributed by atoms with Crippen LogP contribution in [-0.4, -0.2) is 34.3 Å². The molecule has 1 N–H and O–H groups in total. The normalized spacial score (nSPS) is 25.1. The van der Waals surface area contributed by atoms with E-state index in [9.17, 15) is 14.4 Å². The number of imide groups is 1. The number of aromatic nitrogens is 1. The van der Waals surface area contributed by atoms with Gasteiger partial charge in [0.1, 0.15) is 12.3 Å². The van der Waals surface area contributed by atoms with Crippen LogP contribution in [-0.2, 0) is 14.4 Å². The monoisotopic (exact) mass is 291 g/mol. The SMILES string of the molecule is Cc1cc(NC(=O)CN2C(=O)[C@H]3CCCC[C@H]3C2=O)no1. The van der Waals surface area contributed by atoms with Gasteiger partial charge in [-0.2, -0.15) is 0 Å². The van der Waals surface area contributed by atoms with Gasteiger partial charge in [-0.15, -0.1) is 0 Å². The van der Waals surface area contributed by atoms with E-state index in [4.69, 9.17) is 4.52 Å². The van der Waals surface area contributed by atoms with Crippen LogP contribution in [0.4, 0.5) is 5.82 Å². The highest BCUT2D eigenvalue weighted by atomic mass is 16.5. The lowest BCUT2D eigenvalue weighted by Gasteiger charge is -2.19. The van der Waals surface area contributed by atoms with Crippen LogP contribution < -0.4 is 5.32 Å². The van der Waals surface area contributed by atoms with Crippen molar-refractivity contribution in [1.82, 2.24) is 10.1 Å². The molecule has 1 aliphatic heterocycles. The van der Waals surface area contributed by atoms with Gasteiger partial charge in [0, 0.05) is 6.07 Å². The third-order valence-electron chi connectivity index (χ3n) is 4.13. The van der Waals surface area contributed by atoms with Crippen molar-refractivity contribution in [3.63, 3.8) is 0 Å². The van der Waals surface area contributed by atoms with Gasteiger partial charge in [0.05, 0.1) is 11.8 Å². The fourth-order valence-electron chi connectivity index (χ4n) is 3.14. The Bertz CT molecular complexity index is 571. The first kappa shape index (κ1) is 13.8. The molecule has 112 valence electrons. The van der Waals surface area contributed by atoms with E-state index >= 15 is 0 Å². The second-order valence-corrected chi connectivity index (χ2v) is 5.63. The Morgan fingerprint density at radius 3 is 2.48 bits per heavy atom. The molecule has 21 heavy (non-hydrogen) atoms. The fraction of sp³-hybridized carbons (Fsp3) is 0.571. The molecule has 2 atom stereocenters. The van der Waals surface area contributed by atoms with Crippen molar-refractivity contribution in [2.75, 3.05) is 11.9 Å². The van der Waals surface area contributed by atoms with Crippen LogP contribution in [0.3, 0.4) is 0 Å². The molecule has 2 aliphatic rings. The summed E-state index contributed by atoms with van der Waals surface area (Å²) in [7, 11) is 0. The fourth-order valence-corrected chi connectivity index (χ4v) is 3.14. The average molecular weight is 291 g/mol. The maximum Gasteiger partial charge on any atom is 0.245 e. The molecule has 2 heterocycles. The number of nitrogens with one attached hydrogen (secondary N) is 1. The van der Waals surface area contributed by atoms with E-state index in [2.05, 4.69) is 10.5 Å².